The average Bonchev–Trinajstić information content (AvgIpc) is 2.34. The third-order valence-electron chi connectivity index (χ3n) is 2.39. The Balaban J connectivity index is 2.21. The number of hydrogen-bond acceptors (Lipinski definition) is 3. The molecule has 2 nitrogen and oxygen atoms in total. The molecule has 0 aliphatic carbocycles. The molecule has 0 aliphatic rings. The molecule has 0 bridgehead atoms. The highest BCUT2D eigenvalue weighted by Crippen LogP contribution is 2.29. The van der Waals surface area contributed by atoms with Crippen molar-refractivity contribution in [1.82, 2.24) is 4.98 Å². The van der Waals surface area contributed by atoms with E-state index in [1.807, 2.05) is 18.3 Å². The van der Waals surface area contributed by atoms with Gasteiger partial charge in [-0.25, -0.2) is 4.98 Å². The van der Waals surface area contributed by atoms with Gasteiger partial charge >= 0.3 is 0 Å². The first kappa shape index (κ1) is 12.6. The van der Waals surface area contributed by atoms with Crippen molar-refractivity contribution in [3.8, 4) is 0 Å². The van der Waals surface area contributed by atoms with E-state index in [2.05, 4.69) is 46.0 Å². The van der Waals surface area contributed by atoms with Crippen LogP contribution >= 0.6 is 27.7 Å². The molecular weight excluding hydrogens is 296 g/mol. The molecule has 0 unspecified atom stereocenters. The van der Waals surface area contributed by atoms with E-state index in [0.29, 0.717) is 6.54 Å². The summed E-state index contributed by atoms with van der Waals surface area (Å²) in [6.45, 7) is 2.68. The summed E-state index contributed by atoms with van der Waals surface area (Å²) in [6, 6.07) is 10.3. The first-order chi connectivity index (χ1) is 8.19. The van der Waals surface area contributed by atoms with Crippen molar-refractivity contribution in [2.24, 2.45) is 5.73 Å². The van der Waals surface area contributed by atoms with Crippen molar-refractivity contribution in [3.05, 3.63) is 52.1 Å². The molecule has 1 aromatic carbocycles. The van der Waals surface area contributed by atoms with Gasteiger partial charge in [0.05, 0.1) is 0 Å². The first-order valence-corrected chi connectivity index (χ1v) is 6.89. The number of aryl methyl sites for hydroxylation is 1. The lowest BCUT2D eigenvalue weighted by atomic mass is 10.1. The number of nitrogens with zero attached hydrogens (tertiary/aromatic N) is 1. The maximum atomic E-state index is 5.61. The summed E-state index contributed by atoms with van der Waals surface area (Å²) in [5.41, 5.74) is 8.01. The SMILES string of the molecule is Cc1cc(CN)ccc1Sc1ccc(Br)cn1. The van der Waals surface area contributed by atoms with Crippen LogP contribution in [0, 0.1) is 6.92 Å². The maximum absolute atomic E-state index is 5.61. The van der Waals surface area contributed by atoms with Gasteiger partial charge in [-0.3, -0.25) is 0 Å². The molecule has 2 rings (SSSR count). The predicted molar refractivity (Wildman–Crippen MR) is 75.1 cm³/mol. The van der Waals surface area contributed by atoms with Gasteiger partial charge in [0.1, 0.15) is 5.03 Å². The lowest BCUT2D eigenvalue weighted by Crippen LogP contribution is -1.96. The summed E-state index contributed by atoms with van der Waals surface area (Å²) in [5.74, 6) is 0. The van der Waals surface area contributed by atoms with Gasteiger partial charge in [0.2, 0.25) is 0 Å². The van der Waals surface area contributed by atoms with Crippen LogP contribution in [0.25, 0.3) is 0 Å². The van der Waals surface area contributed by atoms with Crippen LogP contribution in [0.15, 0.2) is 50.9 Å². The second-order valence-corrected chi connectivity index (χ2v) is 5.70. The smallest absolute Gasteiger partial charge is 0.101 e. The first-order valence-electron chi connectivity index (χ1n) is 5.28. The van der Waals surface area contributed by atoms with E-state index >= 15 is 0 Å². The standard InChI is InChI=1S/C13H13BrN2S/c1-9-6-10(7-15)2-4-12(9)17-13-5-3-11(14)8-16-13/h2-6,8H,7,15H2,1H3. The fraction of sp³-hybridized carbons (Fsp3) is 0.154. The van der Waals surface area contributed by atoms with Gasteiger partial charge < -0.3 is 5.73 Å². The number of hydrogen-bond donors (Lipinski definition) is 1. The molecule has 0 amide bonds. The Labute approximate surface area is 114 Å². The van der Waals surface area contributed by atoms with Crippen molar-refractivity contribution >= 4 is 27.7 Å². The van der Waals surface area contributed by atoms with Crippen LogP contribution in [0.2, 0.25) is 0 Å². The fourth-order valence-electron chi connectivity index (χ4n) is 1.49. The molecule has 0 atom stereocenters. The zero-order valence-electron chi connectivity index (χ0n) is 9.48. The molecule has 0 aliphatic heterocycles. The zero-order chi connectivity index (χ0) is 12.3. The Bertz CT molecular complexity index is 511. The molecule has 0 saturated heterocycles. The Kier molecular flexibility index (Phi) is 4.20. The molecule has 0 spiro atoms. The van der Waals surface area contributed by atoms with E-state index in [-0.39, 0.29) is 0 Å². The minimum Gasteiger partial charge on any atom is -0.326 e. The highest BCUT2D eigenvalue weighted by atomic mass is 79.9. The summed E-state index contributed by atoms with van der Waals surface area (Å²) in [4.78, 5) is 5.57. The van der Waals surface area contributed by atoms with Gasteiger partial charge in [-0.1, -0.05) is 23.9 Å². The number of halogens is 1. The van der Waals surface area contributed by atoms with E-state index in [4.69, 9.17) is 5.73 Å². The number of benzene rings is 1. The minimum absolute atomic E-state index is 0.586. The van der Waals surface area contributed by atoms with E-state index in [1.54, 1.807) is 11.8 Å². The Morgan fingerprint density at radius 2 is 2.12 bits per heavy atom. The van der Waals surface area contributed by atoms with Crippen LogP contribution in [0.4, 0.5) is 0 Å². The minimum atomic E-state index is 0.586. The Morgan fingerprint density at radius 1 is 1.29 bits per heavy atom. The topological polar surface area (TPSA) is 38.9 Å². The van der Waals surface area contributed by atoms with Gasteiger partial charge in [0.15, 0.2) is 0 Å². The second-order valence-electron chi connectivity index (χ2n) is 3.72. The number of nitrogens with two attached hydrogens (primary N) is 1. The van der Waals surface area contributed by atoms with Crippen molar-refractivity contribution in [3.63, 3.8) is 0 Å². The predicted octanol–water partition coefficient (Wildman–Crippen LogP) is 3.76. The molecule has 1 heterocycles. The van der Waals surface area contributed by atoms with Crippen molar-refractivity contribution in [2.45, 2.75) is 23.4 Å². The van der Waals surface area contributed by atoms with E-state index in [9.17, 15) is 0 Å². The van der Waals surface area contributed by atoms with Gasteiger partial charge in [0, 0.05) is 22.1 Å². The van der Waals surface area contributed by atoms with Gasteiger partial charge in [0.25, 0.3) is 0 Å². The van der Waals surface area contributed by atoms with Crippen LogP contribution in [0.1, 0.15) is 11.1 Å². The fourth-order valence-corrected chi connectivity index (χ4v) is 2.55. The highest BCUT2D eigenvalue weighted by molar-refractivity contribution is 9.10. The third kappa shape index (κ3) is 3.31. The summed E-state index contributed by atoms with van der Waals surface area (Å²) in [6.07, 6.45) is 1.81. The molecule has 2 aromatic rings. The van der Waals surface area contributed by atoms with E-state index in [0.717, 1.165) is 15.1 Å². The second kappa shape index (κ2) is 5.67. The molecule has 0 saturated carbocycles. The van der Waals surface area contributed by atoms with Crippen LogP contribution < -0.4 is 5.73 Å². The molecule has 0 radical (unpaired) electrons. The quantitative estimate of drug-likeness (QED) is 0.938. The summed E-state index contributed by atoms with van der Waals surface area (Å²) < 4.78 is 0.997. The zero-order valence-corrected chi connectivity index (χ0v) is 11.9. The number of rotatable bonds is 3. The average molecular weight is 309 g/mol. The normalized spacial score (nSPS) is 10.5. The van der Waals surface area contributed by atoms with Crippen LogP contribution in [-0.2, 0) is 6.54 Å². The molecule has 0 fully saturated rings. The van der Waals surface area contributed by atoms with E-state index in [1.165, 1.54) is 10.5 Å². The summed E-state index contributed by atoms with van der Waals surface area (Å²) in [7, 11) is 0. The lowest BCUT2D eigenvalue weighted by molar-refractivity contribution is 1.05. The molecule has 1 aromatic heterocycles. The molecule has 88 valence electrons. The van der Waals surface area contributed by atoms with Gasteiger partial charge in [-0.05, 0) is 52.2 Å². The largest absolute Gasteiger partial charge is 0.326 e. The number of aromatic nitrogens is 1. The molecule has 2 N–H and O–H groups in total. The van der Waals surface area contributed by atoms with Gasteiger partial charge in [-0.2, -0.15) is 0 Å². The highest BCUT2D eigenvalue weighted by Gasteiger charge is 2.03. The van der Waals surface area contributed by atoms with Crippen LogP contribution in [0.5, 0.6) is 0 Å². The van der Waals surface area contributed by atoms with Crippen LogP contribution in [0.3, 0.4) is 0 Å². The summed E-state index contributed by atoms with van der Waals surface area (Å²) in [5, 5.41) is 0.997. The van der Waals surface area contributed by atoms with Gasteiger partial charge in [-0.15, -0.1) is 0 Å². The molecule has 17 heavy (non-hydrogen) atoms. The summed E-state index contributed by atoms with van der Waals surface area (Å²) >= 11 is 5.05. The lowest BCUT2D eigenvalue weighted by Gasteiger charge is -2.06. The Hall–Kier alpha value is -0.840. The van der Waals surface area contributed by atoms with Crippen molar-refractivity contribution in [1.29, 1.82) is 0 Å². The van der Waals surface area contributed by atoms with E-state index < -0.39 is 0 Å². The molecular formula is C13H13BrN2S. The van der Waals surface area contributed by atoms with Crippen LogP contribution in [-0.4, -0.2) is 4.98 Å². The third-order valence-corrected chi connectivity index (χ3v) is 3.99. The van der Waals surface area contributed by atoms with Crippen molar-refractivity contribution < 1.29 is 0 Å². The number of pyridine rings is 1. The Morgan fingerprint density at radius 3 is 2.71 bits per heavy atom. The monoisotopic (exact) mass is 308 g/mol. The molecule has 4 heteroatoms. The van der Waals surface area contributed by atoms with Crippen molar-refractivity contribution in [2.75, 3.05) is 0 Å². The maximum Gasteiger partial charge on any atom is 0.101 e.